The molecule has 1 N–H and O–H groups in total. The first kappa shape index (κ1) is 32.4. The predicted octanol–water partition coefficient (Wildman–Crippen LogP) is 6.90. The highest BCUT2D eigenvalue weighted by molar-refractivity contribution is 7.84. The van der Waals surface area contributed by atoms with Crippen LogP contribution in [0.15, 0.2) is 103 Å². The van der Waals surface area contributed by atoms with Crippen LogP contribution < -0.4 is 14.8 Å². The first-order chi connectivity index (χ1) is 21.5. The van der Waals surface area contributed by atoms with Crippen LogP contribution in [-0.4, -0.2) is 46.1 Å². The number of hydrogen-bond donors (Lipinski definition) is 1. The van der Waals surface area contributed by atoms with E-state index < -0.39 is 10.8 Å². The van der Waals surface area contributed by atoms with E-state index in [4.69, 9.17) is 14.2 Å². The van der Waals surface area contributed by atoms with Crippen LogP contribution in [0.25, 0.3) is 17.2 Å². The molecule has 4 aromatic rings. The summed E-state index contributed by atoms with van der Waals surface area (Å²) in [6.45, 7) is 10.5. The summed E-state index contributed by atoms with van der Waals surface area (Å²) in [5.74, 6) is 1.55. The predicted molar refractivity (Wildman–Crippen MR) is 176 cm³/mol. The van der Waals surface area contributed by atoms with Crippen molar-refractivity contribution in [1.82, 2.24) is 9.55 Å². The highest BCUT2D eigenvalue weighted by Crippen LogP contribution is 2.29. The van der Waals surface area contributed by atoms with Crippen molar-refractivity contribution in [3.8, 4) is 22.6 Å². The number of rotatable bonds is 17. The molecule has 0 saturated carbocycles. The second-order valence-electron chi connectivity index (χ2n) is 9.84. The third kappa shape index (κ3) is 9.52. The maximum atomic E-state index is 12.9. The smallest absolute Gasteiger partial charge is 0.248 e. The van der Waals surface area contributed by atoms with Crippen molar-refractivity contribution in [2.45, 2.75) is 37.5 Å². The van der Waals surface area contributed by atoms with Crippen molar-refractivity contribution in [3.05, 3.63) is 109 Å². The fourth-order valence-electron chi connectivity index (χ4n) is 4.44. The molecule has 1 heterocycles. The van der Waals surface area contributed by atoms with Crippen molar-refractivity contribution in [2.75, 3.05) is 31.7 Å². The molecular weight excluding hydrogens is 574 g/mol. The summed E-state index contributed by atoms with van der Waals surface area (Å²) in [5.41, 5.74) is 4.33. The third-order valence-corrected chi connectivity index (χ3v) is 7.93. The minimum absolute atomic E-state index is 0.284. The molecule has 1 aromatic heterocycles. The minimum Gasteiger partial charge on any atom is -0.493 e. The van der Waals surface area contributed by atoms with E-state index in [2.05, 4.69) is 23.8 Å². The van der Waals surface area contributed by atoms with Gasteiger partial charge >= 0.3 is 0 Å². The Labute approximate surface area is 261 Å². The van der Waals surface area contributed by atoms with Crippen LogP contribution in [0.3, 0.4) is 0 Å². The number of hydrogen-bond acceptors (Lipinski definition) is 6. The average molecular weight is 614 g/mol. The summed E-state index contributed by atoms with van der Waals surface area (Å²) in [6.07, 6.45) is 9.44. The number of nitrogens with zero attached hydrogens (tertiary/aromatic N) is 2. The monoisotopic (exact) mass is 613 g/mol. The van der Waals surface area contributed by atoms with Gasteiger partial charge in [-0.1, -0.05) is 31.2 Å². The molecule has 0 fully saturated rings. The van der Waals surface area contributed by atoms with Crippen LogP contribution in [0, 0.1) is 0 Å². The Morgan fingerprint density at radius 3 is 2.50 bits per heavy atom. The summed E-state index contributed by atoms with van der Waals surface area (Å²) in [6, 6.07) is 20.8. The third-order valence-electron chi connectivity index (χ3n) is 6.57. The number of aromatic nitrogens is 2. The van der Waals surface area contributed by atoms with E-state index in [0.29, 0.717) is 48.5 Å². The van der Waals surface area contributed by atoms with Gasteiger partial charge in [0.1, 0.15) is 18.1 Å². The molecule has 0 bridgehead atoms. The van der Waals surface area contributed by atoms with Crippen molar-refractivity contribution in [3.63, 3.8) is 0 Å². The number of ether oxygens (including phenoxy) is 3. The summed E-state index contributed by atoms with van der Waals surface area (Å²) in [4.78, 5) is 17.7. The number of carbonyl (C=O) groups is 1. The van der Waals surface area contributed by atoms with E-state index >= 15 is 0 Å². The molecule has 8 nitrogen and oxygen atoms in total. The molecule has 44 heavy (non-hydrogen) atoms. The number of anilines is 1. The Morgan fingerprint density at radius 2 is 1.77 bits per heavy atom. The Kier molecular flexibility index (Phi) is 12.5. The number of amides is 1. The van der Waals surface area contributed by atoms with E-state index in [1.165, 1.54) is 6.08 Å². The molecule has 0 aliphatic carbocycles. The summed E-state index contributed by atoms with van der Waals surface area (Å²) < 4.78 is 31.8. The largest absolute Gasteiger partial charge is 0.493 e. The lowest BCUT2D eigenvalue weighted by atomic mass is 10.0. The average Bonchev–Trinajstić information content (AvgIpc) is 3.47. The van der Waals surface area contributed by atoms with Gasteiger partial charge in [0, 0.05) is 35.0 Å². The van der Waals surface area contributed by atoms with Gasteiger partial charge in [0.2, 0.25) is 5.91 Å². The zero-order valence-electron chi connectivity index (χ0n) is 25.2. The van der Waals surface area contributed by atoms with Gasteiger partial charge in [-0.2, -0.15) is 0 Å². The highest BCUT2D eigenvalue weighted by atomic mass is 32.2. The maximum Gasteiger partial charge on any atom is 0.248 e. The van der Waals surface area contributed by atoms with Crippen molar-refractivity contribution < 1.29 is 23.2 Å². The first-order valence-electron chi connectivity index (χ1n) is 14.7. The Bertz CT molecular complexity index is 1560. The SMILES string of the molecule is C=CCOCCOc1ccc(-c2ccc(OCC)c(/C=C/C(=O)Nc3ccc(S(=O)Cc4cncn4CCC)cc3)c2)cc1. The molecular formula is C35H39N3O5S. The molecule has 0 aliphatic rings. The van der Waals surface area contributed by atoms with Gasteiger partial charge in [-0.05, 0) is 79.1 Å². The lowest BCUT2D eigenvalue weighted by molar-refractivity contribution is -0.111. The lowest BCUT2D eigenvalue weighted by Gasteiger charge is -2.11. The van der Waals surface area contributed by atoms with E-state index in [-0.39, 0.29) is 5.91 Å². The molecule has 230 valence electrons. The first-order valence-corrected chi connectivity index (χ1v) is 16.0. The minimum atomic E-state index is -1.22. The molecule has 1 unspecified atom stereocenters. The lowest BCUT2D eigenvalue weighted by Crippen LogP contribution is -2.08. The molecule has 0 aliphatic heterocycles. The fourth-order valence-corrected chi connectivity index (χ4v) is 5.56. The van der Waals surface area contributed by atoms with Gasteiger partial charge in [0.25, 0.3) is 0 Å². The maximum absolute atomic E-state index is 12.9. The van der Waals surface area contributed by atoms with Crippen molar-refractivity contribution >= 4 is 28.5 Å². The Hall–Kier alpha value is -4.47. The molecule has 1 amide bonds. The summed E-state index contributed by atoms with van der Waals surface area (Å²) in [5, 5.41) is 2.87. The normalized spacial score (nSPS) is 11.8. The second-order valence-corrected chi connectivity index (χ2v) is 11.3. The van der Waals surface area contributed by atoms with Crippen LogP contribution in [0.4, 0.5) is 5.69 Å². The van der Waals surface area contributed by atoms with Gasteiger partial charge in [-0.3, -0.25) is 9.00 Å². The number of aryl methyl sites for hydroxylation is 1. The molecule has 0 radical (unpaired) electrons. The Morgan fingerprint density at radius 1 is 1.00 bits per heavy atom. The van der Waals surface area contributed by atoms with Gasteiger partial charge < -0.3 is 24.1 Å². The quantitative estimate of drug-likeness (QED) is 0.0792. The van der Waals surface area contributed by atoms with Gasteiger partial charge in [0.15, 0.2) is 0 Å². The molecule has 9 heteroatoms. The van der Waals surface area contributed by atoms with E-state index in [1.54, 1.807) is 48.9 Å². The highest BCUT2D eigenvalue weighted by Gasteiger charge is 2.10. The molecule has 4 rings (SSSR count). The standard InChI is InChI=1S/C35H39N3O5S/c1-4-19-38-26-36-24-31(38)25-44(40)33-15-11-30(12-16-33)37-35(39)18-10-29-23-28(9-17-34(29)42-6-3)27-7-13-32(14-8-27)43-22-21-41-20-5-2/h5,7-18,23-24,26H,2,4,6,19-22,25H2,1,3H3,(H,37,39)/b18-10+. The van der Waals surface area contributed by atoms with Crippen LogP contribution >= 0.6 is 0 Å². The molecule has 0 spiro atoms. The van der Waals surface area contributed by atoms with Gasteiger partial charge in [-0.25, -0.2) is 4.98 Å². The Balaban J connectivity index is 1.37. The number of imidazole rings is 1. The molecule has 3 aromatic carbocycles. The number of nitrogens with one attached hydrogen (secondary N) is 1. The zero-order chi connectivity index (χ0) is 31.1. The zero-order valence-corrected chi connectivity index (χ0v) is 26.1. The fraction of sp³-hybridized carbons (Fsp3) is 0.257. The number of benzene rings is 3. The molecule has 0 saturated heterocycles. The summed E-state index contributed by atoms with van der Waals surface area (Å²) >= 11 is 0. The molecule has 1 atom stereocenters. The van der Waals surface area contributed by atoms with Crippen molar-refractivity contribution in [1.29, 1.82) is 0 Å². The van der Waals surface area contributed by atoms with Crippen LogP contribution in [0.1, 0.15) is 31.5 Å². The van der Waals surface area contributed by atoms with Gasteiger partial charge in [0.05, 0.1) is 48.4 Å². The van der Waals surface area contributed by atoms with Gasteiger partial charge in [-0.15, -0.1) is 6.58 Å². The number of carbonyl (C=O) groups excluding carboxylic acids is 1. The van der Waals surface area contributed by atoms with E-state index in [1.807, 2.05) is 54.0 Å². The van der Waals surface area contributed by atoms with Crippen LogP contribution in [0.5, 0.6) is 11.5 Å². The van der Waals surface area contributed by atoms with E-state index in [9.17, 15) is 9.00 Å². The van der Waals surface area contributed by atoms with E-state index in [0.717, 1.165) is 41.1 Å². The second kappa shape index (κ2) is 17.0. The topological polar surface area (TPSA) is 91.7 Å². The van der Waals surface area contributed by atoms with Crippen LogP contribution in [-0.2, 0) is 32.6 Å². The summed E-state index contributed by atoms with van der Waals surface area (Å²) in [7, 11) is -1.22. The van der Waals surface area contributed by atoms with Crippen molar-refractivity contribution in [2.24, 2.45) is 0 Å². The van der Waals surface area contributed by atoms with Crippen LogP contribution in [0.2, 0.25) is 0 Å².